The fourth-order valence-corrected chi connectivity index (χ4v) is 1.79. The van der Waals surface area contributed by atoms with Gasteiger partial charge in [-0.1, -0.05) is 0 Å². The molecule has 4 heteroatoms. The third-order valence-electron chi connectivity index (χ3n) is 2.82. The lowest BCUT2D eigenvalue weighted by molar-refractivity contribution is -0.0629. The fraction of sp³-hybridized carbons (Fsp3) is 1.00. The summed E-state index contributed by atoms with van der Waals surface area (Å²) >= 11 is 0. The van der Waals surface area contributed by atoms with Crippen LogP contribution in [0.25, 0.3) is 0 Å². The number of rotatable bonds is 5. The Kier molecular flexibility index (Phi) is 3.38. The second kappa shape index (κ2) is 4.57. The summed E-state index contributed by atoms with van der Waals surface area (Å²) in [5.41, 5.74) is 0. The summed E-state index contributed by atoms with van der Waals surface area (Å²) in [4.78, 5) is 2.08. The SMILES string of the molecule is CN(CC1OCCO1)CC(O)C1CC1. The lowest BCUT2D eigenvalue weighted by Gasteiger charge is -2.22. The topological polar surface area (TPSA) is 41.9 Å². The van der Waals surface area contributed by atoms with E-state index >= 15 is 0 Å². The Hall–Kier alpha value is -0.160. The quantitative estimate of drug-likeness (QED) is 0.683. The normalized spacial score (nSPS) is 25.9. The van der Waals surface area contributed by atoms with Gasteiger partial charge in [-0.15, -0.1) is 0 Å². The number of aliphatic hydroxyl groups is 1. The molecular formula is C10H19NO3. The summed E-state index contributed by atoms with van der Waals surface area (Å²) in [7, 11) is 2.00. The molecule has 1 aliphatic carbocycles. The van der Waals surface area contributed by atoms with Crippen molar-refractivity contribution in [2.45, 2.75) is 25.2 Å². The minimum atomic E-state index is -0.165. The van der Waals surface area contributed by atoms with Crippen molar-refractivity contribution in [3.05, 3.63) is 0 Å². The van der Waals surface area contributed by atoms with Gasteiger partial charge in [-0.05, 0) is 25.8 Å². The molecule has 1 aliphatic heterocycles. The minimum absolute atomic E-state index is 0.0913. The highest BCUT2D eigenvalue weighted by molar-refractivity contribution is 4.82. The molecule has 1 unspecified atom stereocenters. The van der Waals surface area contributed by atoms with E-state index in [1.807, 2.05) is 7.05 Å². The zero-order valence-corrected chi connectivity index (χ0v) is 8.69. The van der Waals surface area contributed by atoms with Crippen molar-refractivity contribution in [3.8, 4) is 0 Å². The number of nitrogens with zero attached hydrogens (tertiary/aromatic N) is 1. The Bertz CT molecular complexity index is 174. The van der Waals surface area contributed by atoms with Crippen LogP contribution in [0.2, 0.25) is 0 Å². The van der Waals surface area contributed by atoms with E-state index in [1.54, 1.807) is 0 Å². The Labute approximate surface area is 84.8 Å². The average molecular weight is 201 g/mol. The number of aliphatic hydroxyl groups excluding tert-OH is 1. The molecule has 14 heavy (non-hydrogen) atoms. The van der Waals surface area contributed by atoms with E-state index in [1.165, 1.54) is 12.8 Å². The summed E-state index contributed by atoms with van der Waals surface area (Å²) in [6, 6.07) is 0. The van der Waals surface area contributed by atoms with E-state index in [9.17, 15) is 5.11 Å². The molecule has 2 fully saturated rings. The van der Waals surface area contributed by atoms with E-state index in [2.05, 4.69) is 4.90 Å². The van der Waals surface area contributed by atoms with Gasteiger partial charge in [0.1, 0.15) is 0 Å². The van der Waals surface area contributed by atoms with Crippen LogP contribution in [0.1, 0.15) is 12.8 Å². The second-order valence-corrected chi connectivity index (χ2v) is 4.30. The first kappa shape index (κ1) is 10.4. The molecule has 1 saturated heterocycles. The van der Waals surface area contributed by atoms with Crippen LogP contribution in [0.4, 0.5) is 0 Å². The maximum Gasteiger partial charge on any atom is 0.170 e. The standard InChI is InChI=1S/C10H19NO3/c1-11(6-9(12)8-2-3-8)7-10-13-4-5-14-10/h8-10,12H,2-7H2,1H3. The van der Waals surface area contributed by atoms with Crippen molar-refractivity contribution in [2.24, 2.45) is 5.92 Å². The highest BCUT2D eigenvalue weighted by atomic mass is 16.7. The molecule has 1 saturated carbocycles. The molecule has 1 atom stereocenters. The van der Waals surface area contributed by atoms with E-state index in [-0.39, 0.29) is 12.4 Å². The summed E-state index contributed by atoms with van der Waals surface area (Å²) in [5, 5.41) is 9.71. The summed E-state index contributed by atoms with van der Waals surface area (Å²) in [6.07, 6.45) is 2.12. The third-order valence-corrected chi connectivity index (χ3v) is 2.82. The van der Waals surface area contributed by atoms with Crippen molar-refractivity contribution in [2.75, 3.05) is 33.4 Å². The first-order valence-corrected chi connectivity index (χ1v) is 5.35. The predicted molar refractivity (Wildman–Crippen MR) is 51.9 cm³/mol. The van der Waals surface area contributed by atoms with E-state index in [0.717, 1.165) is 13.1 Å². The van der Waals surface area contributed by atoms with Crippen molar-refractivity contribution in [1.82, 2.24) is 4.90 Å². The van der Waals surface area contributed by atoms with Gasteiger partial charge in [-0.3, -0.25) is 4.90 Å². The molecule has 0 spiro atoms. The maximum atomic E-state index is 9.71. The molecule has 82 valence electrons. The lowest BCUT2D eigenvalue weighted by atomic mass is 10.2. The van der Waals surface area contributed by atoms with Gasteiger partial charge < -0.3 is 14.6 Å². The molecule has 0 radical (unpaired) electrons. The zero-order chi connectivity index (χ0) is 9.97. The summed E-state index contributed by atoms with van der Waals surface area (Å²) < 4.78 is 10.7. The molecule has 0 aromatic rings. The monoisotopic (exact) mass is 201 g/mol. The van der Waals surface area contributed by atoms with Crippen LogP contribution >= 0.6 is 0 Å². The van der Waals surface area contributed by atoms with E-state index < -0.39 is 0 Å². The third kappa shape index (κ3) is 2.92. The highest BCUT2D eigenvalue weighted by Gasteiger charge is 2.30. The molecule has 1 N–H and O–H groups in total. The first-order valence-electron chi connectivity index (χ1n) is 5.35. The fourth-order valence-electron chi connectivity index (χ4n) is 1.79. The van der Waals surface area contributed by atoms with Gasteiger partial charge >= 0.3 is 0 Å². The molecule has 0 bridgehead atoms. The van der Waals surface area contributed by atoms with Crippen LogP contribution < -0.4 is 0 Å². The van der Waals surface area contributed by atoms with Gasteiger partial charge in [0, 0.05) is 13.1 Å². The molecule has 0 aromatic heterocycles. The second-order valence-electron chi connectivity index (χ2n) is 4.30. The number of hydrogen-bond acceptors (Lipinski definition) is 4. The molecule has 2 aliphatic rings. The van der Waals surface area contributed by atoms with Gasteiger partial charge in [0.2, 0.25) is 0 Å². The Morgan fingerprint density at radius 2 is 2.00 bits per heavy atom. The van der Waals surface area contributed by atoms with Crippen LogP contribution in [0.5, 0.6) is 0 Å². The molecule has 0 amide bonds. The smallest absolute Gasteiger partial charge is 0.170 e. The van der Waals surface area contributed by atoms with Crippen LogP contribution in [0.3, 0.4) is 0 Å². The molecule has 2 rings (SSSR count). The van der Waals surface area contributed by atoms with Crippen molar-refractivity contribution in [1.29, 1.82) is 0 Å². The minimum Gasteiger partial charge on any atom is -0.392 e. The van der Waals surface area contributed by atoms with Gasteiger partial charge in [-0.2, -0.15) is 0 Å². The Morgan fingerprint density at radius 3 is 2.57 bits per heavy atom. The van der Waals surface area contributed by atoms with Gasteiger partial charge in [-0.25, -0.2) is 0 Å². The summed E-state index contributed by atoms with van der Waals surface area (Å²) in [6.45, 7) is 2.88. The van der Waals surface area contributed by atoms with Crippen molar-refractivity contribution < 1.29 is 14.6 Å². The zero-order valence-electron chi connectivity index (χ0n) is 8.69. The van der Waals surface area contributed by atoms with Gasteiger partial charge in [0.25, 0.3) is 0 Å². The number of likely N-dealkylation sites (N-methyl/N-ethyl adjacent to an activating group) is 1. The van der Waals surface area contributed by atoms with E-state index in [0.29, 0.717) is 19.1 Å². The predicted octanol–water partition coefficient (Wildman–Crippen LogP) is 0.0620. The maximum absolute atomic E-state index is 9.71. The number of hydrogen-bond donors (Lipinski definition) is 1. The Morgan fingerprint density at radius 1 is 1.36 bits per heavy atom. The van der Waals surface area contributed by atoms with Crippen LogP contribution in [0.15, 0.2) is 0 Å². The number of ether oxygens (including phenoxy) is 2. The van der Waals surface area contributed by atoms with Gasteiger partial charge in [0.05, 0.1) is 19.3 Å². The first-order chi connectivity index (χ1) is 6.75. The van der Waals surface area contributed by atoms with Gasteiger partial charge in [0.15, 0.2) is 6.29 Å². The molecular weight excluding hydrogens is 182 g/mol. The Balaban J connectivity index is 1.63. The van der Waals surface area contributed by atoms with Crippen LogP contribution in [-0.4, -0.2) is 55.8 Å². The van der Waals surface area contributed by atoms with E-state index in [4.69, 9.17) is 9.47 Å². The summed E-state index contributed by atoms with van der Waals surface area (Å²) in [5.74, 6) is 0.544. The highest BCUT2D eigenvalue weighted by Crippen LogP contribution is 2.32. The molecule has 1 heterocycles. The van der Waals surface area contributed by atoms with Crippen molar-refractivity contribution in [3.63, 3.8) is 0 Å². The molecule has 0 aromatic carbocycles. The van der Waals surface area contributed by atoms with Crippen LogP contribution in [-0.2, 0) is 9.47 Å². The molecule has 4 nitrogen and oxygen atoms in total. The average Bonchev–Trinajstić information content (AvgIpc) is 2.87. The van der Waals surface area contributed by atoms with Crippen molar-refractivity contribution >= 4 is 0 Å². The van der Waals surface area contributed by atoms with Crippen LogP contribution in [0, 0.1) is 5.92 Å². The lowest BCUT2D eigenvalue weighted by Crippen LogP contribution is -2.36. The largest absolute Gasteiger partial charge is 0.392 e.